The normalized spacial score (nSPS) is 56.2. The van der Waals surface area contributed by atoms with E-state index in [0.717, 1.165) is 16.4 Å². The van der Waals surface area contributed by atoms with Gasteiger partial charge in [0.2, 0.25) is 0 Å². The van der Waals surface area contributed by atoms with Crippen molar-refractivity contribution in [3.05, 3.63) is 0 Å². The molecule has 68 valence electrons. The molecular formula is C10H17NS. The zero-order valence-corrected chi connectivity index (χ0v) is 8.49. The topological polar surface area (TPSA) is 12.0 Å². The molecule has 0 aromatic rings. The van der Waals surface area contributed by atoms with Gasteiger partial charge in [-0.05, 0) is 45.1 Å². The number of rotatable bonds is 1. The third-order valence-electron chi connectivity index (χ3n) is 4.02. The van der Waals surface area contributed by atoms with Crippen molar-refractivity contribution in [2.75, 3.05) is 7.05 Å². The van der Waals surface area contributed by atoms with Gasteiger partial charge in [0.15, 0.2) is 0 Å². The predicted molar refractivity (Wildman–Crippen MR) is 53.5 cm³/mol. The molecule has 0 aromatic heterocycles. The van der Waals surface area contributed by atoms with E-state index in [9.17, 15) is 0 Å². The summed E-state index contributed by atoms with van der Waals surface area (Å²) in [6.45, 7) is 0. The smallest absolute Gasteiger partial charge is 0.0202 e. The van der Waals surface area contributed by atoms with Crippen molar-refractivity contribution in [1.82, 2.24) is 5.32 Å². The molecule has 2 heteroatoms. The Kier molecular flexibility index (Phi) is 1.55. The second kappa shape index (κ2) is 2.42. The molecule has 0 spiro atoms. The number of nitrogens with one attached hydrogen (secondary N) is 1. The van der Waals surface area contributed by atoms with Gasteiger partial charge in [0.1, 0.15) is 0 Å². The summed E-state index contributed by atoms with van der Waals surface area (Å²) >= 11 is 2.28. The third kappa shape index (κ3) is 0.973. The summed E-state index contributed by atoms with van der Waals surface area (Å²) < 4.78 is 0. The Bertz CT molecular complexity index is 167. The predicted octanol–water partition coefficient (Wildman–Crippen LogP) is 2.02. The highest BCUT2D eigenvalue weighted by atomic mass is 32.2. The minimum Gasteiger partial charge on any atom is -0.314 e. The van der Waals surface area contributed by atoms with Crippen molar-refractivity contribution in [3.8, 4) is 0 Å². The van der Waals surface area contributed by atoms with Crippen LogP contribution in [0.3, 0.4) is 0 Å². The Morgan fingerprint density at radius 1 is 1.17 bits per heavy atom. The molecule has 4 fully saturated rings. The lowest BCUT2D eigenvalue weighted by Crippen LogP contribution is -2.58. The SMILES string of the molecule is CNC12CC3CC(C1)S[C@H](C3)C2. The van der Waals surface area contributed by atoms with Gasteiger partial charge < -0.3 is 5.32 Å². The molecule has 1 N–H and O–H groups in total. The Morgan fingerprint density at radius 2 is 1.83 bits per heavy atom. The molecule has 2 heterocycles. The van der Waals surface area contributed by atoms with Crippen LogP contribution in [0.1, 0.15) is 32.1 Å². The maximum Gasteiger partial charge on any atom is 0.0202 e. The third-order valence-corrected chi connectivity index (χ3v) is 5.51. The number of hydrogen-bond donors (Lipinski definition) is 1. The summed E-state index contributed by atoms with van der Waals surface area (Å²) in [7, 11) is 2.16. The highest BCUT2D eigenvalue weighted by Gasteiger charge is 2.50. The molecule has 2 saturated heterocycles. The van der Waals surface area contributed by atoms with E-state index in [1.54, 1.807) is 0 Å². The maximum absolute atomic E-state index is 3.60. The highest BCUT2D eigenvalue weighted by molar-refractivity contribution is 8.00. The van der Waals surface area contributed by atoms with E-state index in [4.69, 9.17) is 0 Å². The molecule has 2 aliphatic carbocycles. The van der Waals surface area contributed by atoms with Gasteiger partial charge in [-0.25, -0.2) is 0 Å². The van der Waals surface area contributed by atoms with Crippen molar-refractivity contribution in [1.29, 1.82) is 0 Å². The van der Waals surface area contributed by atoms with E-state index in [1.165, 1.54) is 32.1 Å². The quantitative estimate of drug-likeness (QED) is 0.667. The van der Waals surface area contributed by atoms with Crippen LogP contribution in [0.4, 0.5) is 0 Å². The first-order valence-corrected chi connectivity index (χ1v) is 6.08. The first-order valence-electron chi connectivity index (χ1n) is 5.14. The highest BCUT2D eigenvalue weighted by Crippen LogP contribution is 2.55. The molecule has 1 nitrogen and oxygen atoms in total. The van der Waals surface area contributed by atoms with Crippen molar-refractivity contribution in [2.24, 2.45) is 5.92 Å². The van der Waals surface area contributed by atoms with Crippen LogP contribution in [-0.4, -0.2) is 23.1 Å². The minimum atomic E-state index is 0.571. The molecule has 12 heavy (non-hydrogen) atoms. The number of hydrogen-bond acceptors (Lipinski definition) is 2. The molecule has 4 atom stereocenters. The van der Waals surface area contributed by atoms with E-state index in [1.807, 2.05) is 0 Å². The molecule has 4 bridgehead atoms. The zero-order chi connectivity index (χ0) is 8.18. The van der Waals surface area contributed by atoms with Crippen LogP contribution in [0.15, 0.2) is 0 Å². The van der Waals surface area contributed by atoms with Crippen LogP contribution in [0.25, 0.3) is 0 Å². The van der Waals surface area contributed by atoms with Crippen molar-refractivity contribution >= 4 is 11.8 Å². The van der Waals surface area contributed by atoms with Crippen LogP contribution in [0, 0.1) is 5.92 Å². The van der Waals surface area contributed by atoms with Crippen LogP contribution in [0.5, 0.6) is 0 Å². The van der Waals surface area contributed by atoms with Gasteiger partial charge in [-0.3, -0.25) is 0 Å². The van der Waals surface area contributed by atoms with Crippen LogP contribution in [-0.2, 0) is 0 Å². The summed E-state index contributed by atoms with van der Waals surface area (Å²) in [5, 5.41) is 5.60. The fourth-order valence-corrected chi connectivity index (χ4v) is 5.77. The van der Waals surface area contributed by atoms with Crippen LogP contribution < -0.4 is 5.32 Å². The molecule has 4 rings (SSSR count). The average Bonchev–Trinajstić information content (AvgIpc) is 2.02. The Balaban J connectivity index is 1.90. The first-order chi connectivity index (χ1) is 5.80. The van der Waals surface area contributed by atoms with Crippen molar-refractivity contribution in [2.45, 2.75) is 48.1 Å². The average molecular weight is 183 g/mol. The summed E-state index contributed by atoms with van der Waals surface area (Å²) in [6.07, 6.45) is 7.40. The van der Waals surface area contributed by atoms with E-state index in [-0.39, 0.29) is 0 Å². The van der Waals surface area contributed by atoms with Gasteiger partial charge >= 0.3 is 0 Å². The summed E-state index contributed by atoms with van der Waals surface area (Å²) in [5.74, 6) is 1.07. The van der Waals surface area contributed by atoms with E-state index in [2.05, 4.69) is 24.1 Å². The van der Waals surface area contributed by atoms with E-state index < -0.39 is 0 Å². The first kappa shape index (κ1) is 7.69. The molecule has 0 aromatic carbocycles. The molecule has 3 unspecified atom stereocenters. The van der Waals surface area contributed by atoms with Gasteiger partial charge in [-0.1, -0.05) is 0 Å². The van der Waals surface area contributed by atoms with E-state index >= 15 is 0 Å². The van der Waals surface area contributed by atoms with Gasteiger partial charge in [-0.15, -0.1) is 0 Å². The van der Waals surface area contributed by atoms with Gasteiger partial charge in [0.05, 0.1) is 0 Å². The van der Waals surface area contributed by atoms with Crippen molar-refractivity contribution in [3.63, 3.8) is 0 Å². The fraction of sp³-hybridized carbons (Fsp3) is 1.00. The molecule has 0 amide bonds. The molecule has 0 radical (unpaired) electrons. The maximum atomic E-state index is 3.60. The lowest BCUT2D eigenvalue weighted by atomic mass is 9.66. The lowest BCUT2D eigenvalue weighted by Gasteiger charge is -2.56. The van der Waals surface area contributed by atoms with Crippen LogP contribution in [0.2, 0.25) is 0 Å². The summed E-state index contributed by atoms with van der Waals surface area (Å²) in [6, 6.07) is 0. The molecule has 4 aliphatic rings. The second-order valence-corrected chi connectivity index (χ2v) is 6.47. The Labute approximate surface area is 78.7 Å². The largest absolute Gasteiger partial charge is 0.314 e. The summed E-state index contributed by atoms with van der Waals surface area (Å²) in [4.78, 5) is 0. The van der Waals surface area contributed by atoms with Gasteiger partial charge in [0.25, 0.3) is 0 Å². The van der Waals surface area contributed by atoms with Gasteiger partial charge in [-0.2, -0.15) is 11.8 Å². The van der Waals surface area contributed by atoms with Crippen molar-refractivity contribution < 1.29 is 0 Å². The van der Waals surface area contributed by atoms with Crippen LogP contribution >= 0.6 is 11.8 Å². The second-order valence-electron chi connectivity index (χ2n) is 4.86. The fourth-order valence-electron chi connectivity index (χ4n) is 3.63. The Hall–Kier alpha value is 0.310. The van der Waals surface area contributed by atoms with Gasteiger partial charge in [0, 0.05) is 16.0 Å². The standard InChI is InChI=1S/C10H17NS/c1-11-10-4-7-2-8(5-10)12-9(3-7)6-10/h7-9,11H,2-6H2,1H3/t7?,8-,9?,10?/m1/s1. The zero-order valence-electron chi connectivity index (χ0n) is 7.68. The number of thioether (sulfide) groups is 1. The minimum absolute atomic E-state index is 0.571. The monoisotopic (exact) mass is 183 g/mol. The molecule has 2 aliphatic heterocycles. The molecule has 2 saturated carbocycles. The Morgan fingerprint density at radius 3 is 2.33 bits per heavy atom. The molecular weight excluding hydrogens is 166 g/mol. The summed E-state index contributed by atoms with van der Waals surface area (Å²) in [5.41, 5.74) is 0.571. The lowest BCUT2D eigenvalue weighted by molar-refractivity contribution is 0.121. The van der Waals surface area contributed by atoms with E-state index in [0.29, 0.717) is 5.54 Å².